The molecule has 0 N–H and O–H groups in total. The van der Waals surface area contributed by atoms with Gasteiger partial charge < -0.3 is 4.90 Å². The molecule has 2 aliphatic heterocycles. The first-order valence-corrected chi connectivity index (χ1v) is 11.5. The Morgan fingerprint density at radius 3 is 2.65 bits per heavy atom. The molecule has 2 heterocycles. The van der Waals surface area contributed by atoms with Gasteiger partial charge in [-0.05, 0) is 36.6 Å². The standard InChI is InChI=1S/C20H22N2O2S2/c1-14-8-9-15(2)18(10-14)22-19-13-26(23,24)12-17(19)21-20(22)25-11-16-6-4-3-5-7-16/h3-10,17,19H,11-13H2,1-2H3/t17-,19-/m0/s1. The molecule has 0 bridgehead atoms. The van der Waals surface area contributed by atoms with Crippen LogP contribution in [0.15, 0.2) is 53.5 Å². The van der Waals surface area contributed by atoms with E-state index in [1.165, 1.54) is 11.1 Å². The van der Waals surface area contributed by atoms with E-state index in [9.17, 15) is 8.42 Å². The fourth-order valence-electron chi connectivity index (χ4n) is 3.62. The van der Waals surface area contributed by atoms with E-state index < -0.39 is 9.84 Å². The third-order valence-electron chi connectivity index (χ3n) is 4.94. The average molecular weight is 387 g/mol. The highest BCUT2D eigenvalue weighted by Gasteiger charge is 2.47. The Kier molecular flexibility index (Phi) is 4.57. The van der Waals surface area contributed by atoms with Crippen molar-refractivity contribution < 1.29 is 8.42 Å². The molecule has 0 radical (unpaired) electrons. The highest BCUT2D eigenvalue weighted by molar-refractivity contribution is 8.13. The molecular formula is C20H22N2O2S2. The van der Waals surface area contributed by atoms with Crippen molar-refractivity contribution in [3.8, 4) is 0 Å². The van der Waals surface area contributed by atoms with Gasteiger partial charge >= 0.3 is 0 Å². The number of hydrogen-bond acceptors (Lipinski definition) is 5. The molecule has 26 heavy (non-hydrogen) atoms. The molecule has 2 aromatic rings. The minimum atomic E-state index is -3.02. The second kappa shape index (κ2) is 6.74. The summed E-state index contributed by atoms with van der Waals surface area (Å²) >= 11 is 1.69. The van der Waals surface area contributed by atoms with E-state index >= 15 is 0 Å². The van der Waals surface area contributed by atoms with Crippen LogP contribution in [0.1, 0.15) is 16.7 Å². The molecule has 0 spiro atoms. The van der Waals surface area contributed by atoms with Crippen molar-refractivity contribution in [3.63, 3.8) is 0 Å². The lowest BCUT2D eigenvalue weighted by Crippen LogP contribution is -2.39. The Labute approximate surface area is 159 Å². The first-order valence-electron chi connectivity index (χ1n) is 8.74. The Hall–Kier alpha value is -1.79. The van der Waals surface area contributed by atoms with E-state index in [0.717, 1.165) is 22.2 Å². The molecule has 0 amide bonds. The van der Waals surface area contributed by atoms with Gasteiger partial charge in [-0.15, -0.1) is 0 Å². The van der Waals surface area contributed by atoms with Gasteiger partial charge in [0.1, 0.15) is 0 Å². The number of nitrogens with zero attached hydrogens (tertiary/aromatic N) is 2. The third-order valence-corrected chi connectivity index (χ3v) is 7.68. The van der Waals surface area contributed by atoms with Crippen molar-refractivity contribution in [2.24, 2.45) is 4.99 Å². The van der Waals surface area contributed by atoms with Crippen LogP contribution >= 0.6 is 11.8 Å². The van der Waals surface area contributed by atoms with Gasteiger partial charge in [-0.1, -0.05) is 54.2 Å². The quantitative estimate of drug-likeness (QED) is 0.809. The van der Waals surface area contributed by atoms with E-state index in [-0.39, 0.29) is 23.6 Å². The Bertz CT molecular complexity index is 955. The maximum atomic E-state index is 12.2. The molecule has 2 aliphatic rings. The average Bonchev–Trinajstić information content (AvgIpc) is 3.07. The molecule has 4 rings (SSSR count). The number of aryl methyl sites for hydroxylation is 2. The summed E-state index contributed by atoms with van der Waals surface area (Å²) in [6.07, 6.45) is 0. The lowest BCUT2D eigenvalue weighted by molar-refractivity contribution is 0.601. The molecule has 136 valence electrons. The van der Waals surface area contributed by atoms with E-state index in [4.69, 9.17) is 4.99 Å². The van der Waals surface area contributed by atoms with Crippen LogP contribution in [0.25, 0.3) is 0 Å². The fraction of sp³-hybridized carbons (Fsp3) is 0.350. The summed E-state index contributed by atoms with van der Waals surface area (Å²) in [5.74, 6) is 1.17. The third kappa shape index (κ3) is 3.40. The van der Waals surface area contributed by atoms with Crippen LogP contribution in [-0.4, -0.2) is 37.2 Å². The van der Waals surface area contributed by atoms with Gasteiger partial charge in [0.05, 0.1) is 23.6 Å². The molecule has 0 aromatic heterocycles. The van der Waals surface area contributed by atoms with E-state index in [1.807, 2.05) is 18.2 Å². The molecule has 1 saturated heterocycles. The number of aliphatic imine (C=N–C) groups is 1. The molecule has 2 atom stereocenters. The van der Waals surface area contributed by atoms with Crippen LogP contribution in [0.3, 0.4) is 0 Å². The van der Waals surface area contributed by atoms with Crippen LogP contribution in [0.5, 0.6) is 0 Å². The zero-order chi connectivity index (χ0) is 18.3. The van der Waals surface area contributed by atoms with Gasteiger partial charge in [0.2, 0.25) is 0 Å². The van der Waals surface area contributed by atoms with E-state index in [0.29, 0.717) is 0 Å². The van der Waals surface area contributed by atoms with Crippen LogP contribution in [0.4, 0.5) is 5.69 Å². The molecule has 0 aliphatic carbocycles. The number of thioether (sulfide) groups is 1. The molecule has 0 unspecified atom stereocenters. The molecular weight excluding hydrogens is 364 g/mol. The summed E-state index contributed by atoms with van der Waals surface area (Å²) in [5.41, 5.74) is 4.63. The van der Waals surface area contributed by atoms with Crippen LogP contribution in [0, 0.1) is 13.8 Å². The molecule has 6 heteroatoms. The molecule has 2 aromatic carbocycles. The smallest absolute Gasteiger partial charge is 0.164 e. The minimum absolute atomic E-state index is 0.0845. The predicted molar refractivity (Wildman–Crippen MR) is 110 cm³/mol. The first kappa shape index (κ1) is 17.6. The van der Waals surface area contributed by atoms with Gasteiger partial charge in [-0.2, -0.15) is 0 Å². The van der Waals surface area contributed by atoms with Crippen molar-refractivity contribution in [1.29, 1.82) is 0 Å². The van der Waals surface area contributed by atoms with Gasteiger partial charge in [0.15, 0.2) is 15.0 Å². The van der Waals surface area contributed by atoms with Crippen molar-refractivity contribution in [3.05, 3.63) is 65.2 Å². The Morgan fingerprint density at radius 2 is 1.88 bits per heavy atom. The highest BCUT2D eigenvalue weighted by atomic mass is 32.2. The maximum absolute atomic E-state index is 12.2. The maximum Gasteiger partial charge on any atom is 0.164 e. The Balaban J connectivity index is 1.67. The zero-order valence-corrected chi connectivity index (χ0v) is 16.6. The number of amidine groups is 1. The number of benzene rings is 2. The SMILES string of the molecule is Cc1ccc(C)c(N2C(SCc3ccccc3)=N[C@H]3CS(=O)(=O)C[C@@H]32)c1. The number of rotatable bonds is 3. The van der Waals surface area contributed by atoms with E-state index in [2.05, 4.69) is 49.1 Å². The number of fused-ring (bicyclic) bond motifs is 1. The number of anilines is 1. The fourth-order valence-corrected chi connectivity index (χ4v) is 6.53. The van der Waals surface area contributed by atoms with Crippen LogP contribution in [0.2, 0.25) is 0 Å². The summed E-state index contributed by atoms with van der Waals surface area (Å²) in [6, 6.07) is 16.4. The normalized spacial score (nSPS) is 23.8. The minimum Gasteiger partial charge on any atom is -0.315 e. The predicted octanol–water partition coefficient (Wildman–Crippen LogP) is 3.58. The van der Waals surface area contributed by atoms with Gasteiger partial charge in [-0.25, -0.2) is 8.42 Å². The van der Waals surface area contributed by atoms with Crippen molar-refractivity contribution in [2.75, 3.05) is 16.4 Å². The molecule has 1 fully saturated rings. The van der Waals surface area contributed by atoms with Crippen molar-refractivity contribution in [2.45, 2.75) is 31.7 Å². The summed E-state index contributed by atoms with van der Waals surface area (Å²) < 4.78 is 24.3. The lowest BCUT2D eigenvalue weighted by atomic mass is 10.1. The lowest BCUT2D eigenvalue weighted by Gasteiger charge is -2.28. The van der Waals surface area contributed by atoms with Gasteiger partial charge in [0.25, 0.3) is 0 Å². The zero-order valence-electron chi connectivity index (χ0n) is 14.9. The summed E-state index contributed by atoms with van der Waals surface area (Å²) in [4.78, 5) is 6.99. The molecule has 4 nitrogen and oxygen atoms in total. The van der Waals surface area contributed by atoms with E-state index in [1.54, 1.807) is 11.8 Å². The molecule has 0 saturated carbocycles. The highest BCUT2D eigenvalue weighted by Crippen LogP contribution is 2.37. The van der Waals surface area contributed by atoms with Gasteiger partial charge in [0, 0.05) is 11.4 Å². The van der Waals surface area contributed by atoms with Crippen molar-refractivity contribution >= 4 is 32.5 Å². The monoisotopic (exact) mass is 386 g/mol. The van der Waals surface area contributed by atoms with Crippen molar-refractivity contribution in [1.82, 2.24) is 0 Å². The second-order valence-electron chi connectivity index (χ2n) is 7.06. The second-order valence-corrected chi connectivity index (χ2v) is 10.2. The van der Waals surface area contributed by atoms with Crippen LogP contribution < -0.4 is 4.90 Å². The number of sulfone groups is 1. The van der Waals surface area contributed by atoms with Gasteiger partial charge in [-0.3, -0.25) is 4.99 Å². The first-order chi connectivity index (χ1) is 12.4. The largest absolute Gasteiger partial charge is 0.315 e. The summed E-state index contributed by atoms with van der Waals surface area (Å²) in [6.45, 7) is 4.14. The Morgan fingerprint density at radius 1 is 1.12 bits per heavy atom. The number of hydrogen-bond donors (Lipinski definition) is 0. The summed E-state index contributed by atoms with van der Waals surface area (Å²) in [7, 11) is -3.02. The summed E-state index contributed by atoms with van der Waals surface area (Å²) in [5, 5.41) is 0.937. The van der Waals surface area contributed by atoms with Crippen LogP contribution in [-0.2, 0) is 15.6 Å². The topological polar surface area (TPSA) is 49.7 Å².